The summed E-state index contributed by atoms with van der Waals surface area (Å²) in [5, 5.41) is 14.9. The Labute approximate surface area is 107 Å². The summed E-state index contributed by atoms with van der Waals surface area (Å²) < 4.78 is 0. The van der Waals surface area contributed by atoms with Crippen LogP contribution in [0.1, 0.15) is 25.3 Å². The Hall–Kier alpha value is -1.86. The van der Waals surface area contributed by atoms with E-state index < -0.39 is 0 Å². The van der Waals surface area contributed by atoms with Gasteiger partial charge in [-0.25, -0.2) is 0 Å². The van der Waals surface area contributed by atoms with E-state index in [1.54, 1.807) is 24.3 Å². The van der Waals surface area contributed by atoms with Gasteiger partial charge < -0.3 is 10.6 Å². The molecule has 0 radical (unpaired) electrons. The second kappa shape index (κ2) is 5.19. The third-order valence-corrected chi connectivity index (χ3v) is 3.67. The summed E-state index contributed by atoms with van der Waals surface area (Å²) in [6.07, 6.45) is 1.72. The largest absolute Gasteiger partial charge is 0.326 e. The van der Waals surface area contributed by atoms with Crippen molar-refractivity contribution in [1.29, 1.82) is 5.26 Å². The number of amides is 1. The van der Waals surface area contributed by atoms with Crippen molar-refractivity contribution in [2.75, 3.05) is 18.4 Å². The van der Waals surface area contributed by atoms with Crippen molar-refractivity contribution in [1.82, 2.24) is 5.32 Å². The summed E-state index contributed by atoms with van der Waals surface area (Å²) in [6, 6.07) is 9.01. The number of nitrogens with zero attached hydrogens (tertiary/aromatic N) is 1. The Morgan fingerprint density at radius 2 is 2.22 bits per heavy atom. The van der Waals surface area contributed by atoms with E-state index in [-0.39, 0.29) is 11.3 Å². The number of hydrogen-bond acceptors (Lipinski definition) is 3. The highest BCUT2D eigenvalue weighted by Gasteiger charge is 2.39. The number of carbonyl (C=O) groups excluding carboxylic acids is 1. The standard InChI is InChI=1S/C14H17N3O/c1-2-14(7-8-16-10-14)13(18)17-12-5-3-11(9-15)4-6-12/h3-6,16H,2,7-8,10H2,1H3,(H,17,18). The smallest absolute Gasteiger partial charge is 0.231 e. The monoisotopic (exact) mass is 243 g/mol. The van der Waals surface area contributed by atoms with Crippen molar-refractivity contribution < 1.29 is 4.79 Å². The second-order valence-corrected chi connectivity index (χ2v) is 4.70. The lowest BCUT2D eigenvalue weighted by molar-refractivity contribution is -0.124. The van der Waals surface area contributed by atoms with Gasteiger partial charge >= 0.3 is 0 Å². The van der Waals surface area contributed by atoms with Crippen LogP contribution in [0.4, 0.5) is 5.69 Å². The Kier molecular flexibility index (Phi) is 3.63. The molecule has 0 bridgehead atoms. The van der Waals surface area contributed by atoms with Crippen LogP contribution in [0.2, 0.25) is 0 Å². The number of nitrogens with one attached hydrogen (secondary N) is 2. The van der Waals surface area contributed by atoms with Gasteiger partial charge in [-0.2, -0.15) is 5.26 Å². The first-order valence-electron chi connectivity index (χ1n) is 6.22. The average Bonchev–Trinajstić information content (AvgIpc) is 2.89. The van der Waals surface area contributed by atoms with Gasteiger partial charge in [0, 0.05) is 12.2 Å². The number of rotatable bonds is 3. The van der Waals surface area contributed by atoms with Crippen molar-refractivity contribution in [3.8, 4) is 6.07 Å². The predicted molar refractivity (Wildman–Crippen MR) is 70.0 cm³/mol. The van der Waals surface area contributed by atoms with Gasteiger partial charge in [0.1, 0.15) is 0 Å². The molecule has 0 aromatic heterocycles. The summed E-state index contributed by atoms with van der Waals surface area (Å²) in [5.74, 6) is 0.0692. The maximum Gasteiger partial charge on any atom is 0.231 e. The maximum absolute atomic E-state index is 12.3. The van der Waals surface area contributed by atoms with Crippen LogP contribution in [0.25, 0.3) is 0 Å². The summed E-state index contributed by atoms with van der Waals surface area (Å²) in [6.45, 7) is 3.69. The summed E-state index contributed by atoms with van der Waals surface area (Å²) in [4.78, 5) is 12.3. The van der Waals surface area contributed by atoms with Crippen LogP contribution in [0.15, 0.2) is 24.3 Å². The number of anilines is 1. The normalized spacial score (nSPS) is 22.4. The first-order chi connectivity index (χ1) is 8.70. The highest BCUT2D eigenvalue weighted by Crippen LogP contribution is 2.30. The quantitative estimate of drug-likeness (QED) is 0.852. The van der Waals surface area contributed by atoms with Gasteiger partial charge in [0.05, 0.1) is 17.0 Å². The van der Waals surface area contributed by atoms with E-state index in [0.717, 1.165) is 31.6 Å². The van der Waals surface area contributed by atoms with Gasteiger partial charge in [0.2, 0.25) is 5.91 Å². The molecule has 1 aliphatic heterocycles. The maximum atomic E-state index is 12.3. The molecule has 1 unspecified atom stereocenters. The van der Waals surface area contributed by atoms with Gasteiger partial charge in [0.25, 0.3) is 0 Å². The van der Waals surface area contributed by atoms with E-state index >= 15 is 0 Å². The minimum Gasteiger partial charge on any atom is -0.326 e. The lowest BCUT2D eigenvalue weighted by Crippen LogP contribution is -2.37. The fourth-order valence-electron chi connectivity index (χ4n) is 2.29. The first kappa shape index (κ1) is 12.6. The zero-order valence-corrected chi connectivity index (χ0v) is 10.5. The molecule has 0 spiro atoms. The third kappa shape index (κ3) is 2.36. The molecule has 1 heterocycles. The van der Waals surface area contributed by atoms with E-state index in [4.69, 9.17) is 5.26 Å². The fourth-order valence-corrected chi connectivity index (χ4v) is 2.29. The highest BCUT2D eigenvalue weighted by atomic mass is 16.2. The molecule has 1 atom stereocenters. The van der Waals surface area contributed by atoms with Crippen LogP contribution in [-0.2, 0) is 4.79 Å². The molecule has 1 amide bonds. The predicted octanol–water partition coefficient (Wildman–Crippen LogP) is 1.89. The average molecular weight is 243 g/mol. The van der Waals surface area contributed by atoms with Crippen molar-refractivity contribution in [2.24, 2.45) is 5.41 Å². The molecule has 2 rings (SSSR count). The summed E-state index contributed by atoms with van der Waals surface area (Å²) in [7, 11) is 0. The molecule has 4 nitrogen and oxygen atoms in total. The van der Waals surface area contributed by atoms with Crippen LogP contribution in [0.3, 0.4) is 0 Å². The molecule has 1 fully saturated rings. The van der Waals surface area contributed by atoms with E-state index in [0.29, 0.717) is 5.56 Å². The van der Waals surface area contributed by atoms with E-state index in [1.807, 2.05) is 6.92 Å². The topological polar surface area (TPSA) is 64.9 Å². The molecule has 0 saturated carbocycles. The minimum atomic E-state index is -0.284. The fraction of sp³-hybridized carbons (Fsp3) is 0.429. The lowest BCUT2D eigenvalue weighted by atomic mass is 9.83. The molecule has 2 N–H and O–H groups in total. The molecule has 1 aliphatic rings. The first-order valence-corrected chi connectivity index (χ1v) is 6.22. The zero-order valence-electron chi connectivity index (χ0n) is 10.5. The van der Waals surface area contributed by atoms with Crippen LogP contribution in [0.5, 0.6) is 0 Å². The van der Waals surface area contributed by atoms with Gasteiger partial charge in [0.15, 0.2) is 0 Å². The lowest BCUT2D eigenvalue weighted by Gasteiger charge is -2.25. The van der Waals surface area contributed by atoms with Gasteiger partial charge in [-0.3, -0.25) is 4.79 Å². The molecular weight excluding hydrogens is 226 g/mol. The molecule has 18 heavy (non-hydrogen) atoms. The van der Waals surface area contributed by atoms with Crippen LogP contribution >= 0.6 is 0 Å². The number of carbonyl (C=O) groups is 1. The van der Waals surface area contributed by atoms with E-state index in [9.17, 15) is 4.79 Å². The van der Waals surface area contributed by atoms with Crippen molar-refractivity contribution in [2.45, 2.75) is 19.8 Å². The zero-order chi connectivity index (χ0) is 13.0. The van der Waals surface area contributed by atoms with Gasteiger partial charge in [-0.05, 0) is 43.7 Å². The van der Waals surface area contributed by atoms with Crippen molar-refractivity contribution >= 4 is 11.6 Å². The Morgan fingerprint density at radius 1 is 1.50 bits per heavy atom. The van der Waals surface area contributed by atoms with Crippen molar-refractivity contribution in [3.05, 3.63) is 29.8 Å². The molecule has 4 heteroatoms. The van der Waals surface area contributed by atoms with Gasteiger partial charge in [-0.1, -0.05) is 6.92 Å². The van der Waals surface area contributed by atoms with E-state index in [2.05, 4.69) is 16.7 Å². The SMILES string of the molecule is CCC1(C(=O)Nc2ccc(C#N)cc2)CCNC1. The second-order valence-electron chi connectivity index (χ2n) is 4.70. The van der Waals surface area contributed by atoms with Gasteiger partial charge in [-0.15, -0.1) is 0 Å². The number of hydrogen-bond donors (Lipinski definition) is 2. The molecule has 1 aromatic carbocycles. The molecule has 1 saturated heterocycles. The third-order valence-electron chi connectivity index (χ3n) is 3.67. The molecule has 1 aromatic rings. The Balaban J connectivity index is 2.08. The number of benzene rings is 1. The summed E-state index contributed by atoms with van der Waals surface area (Å²) in [5.41, 5.74) is 1.06. The minimum absolute atomic E-state index is 0.0692. The van der Waals surface area contributed by atoms with Crippen molar-refractivity contribution in [3.63, 3.8) is 0 Å². The Morgan fingerprint density at radius 3 is 2.72 bits per heavy atom. The number of nitriles is 1. The molecule has 0 aliphatic carbocycles. The van der Waals surface area contributed by atoms with Crippen LogP contribution in [-0.4, -0.2) is 19.0 Å². The Bertz CT molecular complexity index is 467. The summed E-state index contributed by atoms with van der Waals surface area (Å²) >= 11 is 0. The highest BCUT2D eigenvalue weighted by molar-refractivity contribution is 5.95. The van der Waals surface area contributed by atoms with Crippen LogP contribution in [0, 0.1) is 16.7 Å². The molecule has 94 valence electrons. The van der Waals surface area contributed by atoms with Crippen LogP contribution < -0.4 is 10.6 Å². The van der Waals surface area contributed by atoms with E-state index in [1.165, 1.54) is 0 Å². The molecular formula is C14H17N3O.